The highest BCUT2D eigenvalue weighted by Crippen LogP contribution is 2.29. The van der Waals surface area contributed by atoms with Gasteiger partial charge in [-0.15, -0.1) is 0 Å². The molecule has 6 nitrogen and oxygen atoms in total. The van der Waals surface area contributed by atoms with Crippen LogP contribution in [0, 0.1) is 11.3 Å². The molecule has 0 fully saturated rings. The molecule has 2 aromatic rings. The van der Waals surface area contributed by atoms with Gasteiger partial charge in [0.15, 0.2) is 11.5 Å². The van der Waals surface area contributed by atoms with Crippen molar-refractivity contribution < 1.29 is 19.0 Å². The van der Waals surface area contributed by atoms with Crippen LogP contribution in [-0.4, -0.2) is 26.7 Å². The summed E-state index contributed by atoms with van der Waals surface area (Å²) in [5, 5.41) is 12.1. The summed E-state index contributed by atoms with van der Waals surface area (Å²) in [6.45, 7) is 2.70. The lowest BCUT2D eigenvalue weighted by atomic mass is 10.1. The molecule has 0 saturated carbocycles. The molecule has 1 amide bonds. The van der Waals surface area contributed by atoms with E-state index in [4.69, 9.17) is 14.2 Å². The number of hydrogen-bond donors (Lipinski definition) is 1. The standard InChI is InChI=1S/C22H24N2O4/c1-4-5-11-28-20-10-9-16(13-21(20)27-3)12-17(15-23)22(25)24-18-7-6-8-19(14-18)26-2/h6-10,12-14H,4-5,11H2,1-3H3,(H,24,25)/b17-12+. The van der Waals surface area contributed by atoms with Gasteiger partial charge in [0.2, 0.25) is 0 Å². The van der Waals surface area contributed by atoms with Gasteiger partial charge in [-0.2, -0.15) is 5.26 Å². The third kappa shape index (κ3) is 5.78. The first kappa shape index (κ1) is 20.8. The number of nitriles is 1. The highest BCUT2D eigenvalue weighted by Gasteiger charge is 2.11. The van der Waals surface area contributed by atoms with Gasteiger partial charge >= 0.3 is 0 Å². The Hall–Kier alpha value is -3.46. The van der Waals surface area contributed by atoms with Crippen LogP contribution < -0.4 is 19.5 Å². The number of hydrogen-bond acceptors (Lipinski definition) is 5. The maximum Gasteiger partial charge on any atom is 0.266 e. The minimum absolute atomic E-state index is 0.0236. The van der Waals surface area contributed by atoms with Gasteiger partial charge in [-0.3, -0.25) is 4.79 Å². The molecule has 0 aliphatic rings. The summed E-state index contributed by atoms with van der Waals surface area (Å²) in [7, 11) is 3.10. The molecular weight excluding hydrogens is 356 g/mol. The average Bonchev–Trinajstić information content (AvgIpc) is 2.72. The van der Waals surface area contributed by atoms with Gasteiger partial charge in [0.1, 0.15) is 17.4 Å². The van der Waals surface area contributed by atoms with E-state index in [1.54, 1.807) is 56.7 Å². The normalized spacial score (nSPS) is 10.7. The second-order valence-electron chi connectivity index (χ2n) is 5.97. The predicted octanol–water partition coefficient (Wildman–Crippen LogP) is 4.43. The van der Waals surface area contributed by atoms with E-state index in [9.17, 15) is 10.1 Å². The van der Waals surface area contributed by atoms with E-state index in [0.29, 0.717) is 35.1 Å². The smallest absolute Gasteiger partial charge is 0.266 e. The number of carbonyl (C=O) groups is 1. The summed E-state index contributed by atoms with van der Waals surface area (Å²) in [4.78, 5) is 12.4. The van der Waals surface area contributed by atoms with Crippen molar-refractivity contribution in [2.24, 2.45) is 0 Å². The highest BCUT2D eigenvalue weighted by atomic mass is 16.5. The fourth-order valence-electron chi connectivity index (χ4n) is 2.43. The van der Waals surface area contributed by atoms with Crippen molar-refractivity contribution in [3.8, 4) is 23.3 Å². The van der Waals surface area contributed by atoms with Crippen molar-refractivity contribution >= 4 is 17.7 Å². The van der Waals surface area contributed by atoms with Gasteiger partial charge < -0.3 is 19.5 Å². The van der Waals surface area contributed by atoms with E-state index in [1.807, 2.05) is 6.07 Å². The van der Waals surface area contributed by atoms with Gasteiger partial charge in [0.05, 0.1) is 20.8 Å². The van der Waals surface area contributed by atoms with Crippen molar-refractivity contribution in [1.29, 1.82) is 5.26 Å². The monoisotopic (exact) mass is 380 g/mol. The molecule has 0 saturated heterocycles. The third-order valence-electron chi connectivity index (χ3n) is 3.95. The van der Waals surface area contributed by atoms with Crippen LogP contribution in [0.4, 0.5) is 5.69 Å². The Labute approximate surface area is 165 Å². The first-order valence-corrected chi connectivity index (χ1v) is 8.99. The molecule has 146 valence electrons. The molecule has 6 heteroatoms. The molecule has 2 aromatic carbocycles. The van der Waals surface area contributed by atoms with Gasteiger partial charge in [-0.1, -0.05) is 25.5 Å². The van der Waals surface area contributed by atoms with Crippen molar-refractivity contribution in [2.75, 3.05) is 26.1 Å². The topological polar surface area (TPSA) is 80.6 Å². The minimum atomic E-state index is -0.502. The van der Waals surface area contributed by atoms with Gasteiger partial charge in [0.25, 0.3) is 5.91 Å². The first-order chi connectivity index (χ1) is 13.6. The number of carbonyl (C=O) groups excluding carboxylic acids is 1. The van der Waals surface area contributed by atoms with E-state index >= 15 is 0 Å². The zero-order chi connectivity index (χ0) is 20.4. The molecule has 0 radical (unpaired) electrons. The Morgan fingerprint density at radius 3 is 2.64 bits per heavy atom. The zero-order valence-electron chi connectivity index (χ0n) is 16.3. The van der Waals surface area contributed by atoms with E-state index < -0.39 is 5.91 Å². The van der Waals surface area contributed by atoms with Gasteiger partial charge in [-0.05, 0) is 42.3 Å². The van der Waals surface area contributed by atoms with E-state index in [2.05, 4.69) is 12.2 Å². The number of anilines is 1. The number of ether oxygens (including phenoxy) is 3. The molecule has 0 atom stereocenters. The van der Waals surface area contributed by atoms with Crippen molar-refractivity contribution in [3.05, 3.63) is 53.6 Å². The largest absolute Gasteiger partial charge is 0.497 e. The summed E-state index contributed by atoms with van der Waals surface area (Å²) in [5.41, 5.74) is 1.18. The fourth-order valence-corrected chi connectivity index (χ4v) is 2.43. The fraction of sp³-hybridized carbons (Fsp3) is 0.273. The average molecular weight is 380 g/mol. The number of nitrogens with one attached hydrogen (secondary N) is 1. The molecule has 0 unspecified atom stereocenters. The maximum atomic E-state index is 12.4. The summed E-state index contributed by atoms with van der Waals surface area (Å²) in [6.07, 6.45) is 3.50. The lowest BCUT2D eigenvalue weighted by Gasteiger charge is -2.11. The summed E-state index contributed by atoms with van der Waals surface area (Å²) >= 11 is 0. The Balaban J connectivity index is 2.18. The van der Waals surface area contributed by atoms with Crippen LogP contribution in [0.25, 0.3) is 6.08 Å². The number of amides is 1. The quantitative estimate of drug-likeness (QED) is 0.395. The summed E-state index contributed by atoms with van der Waals surface area (Å²) < 4.78 is 16.2. The lowest BCUT2D eigenvalue weighted by Crippen LogP contribution is -2.13. The second kappa shape index (κ2) is 10.6. The second-order valence-corrected chi connectivity index (χ2v) is 5.97. The lowest BCUT2D eigenvalue weighted by molar-refractivity contribution is -0.112. The number of unbranched alkanes of at least 4 members (excludes halogenated alkanes) is 1. The van der Waals surface area contributed by atoms with E-state index in [1.165, 1.54) is 6.08 Å². The van der Waals surface area contributed by atoms with E-state index in [0.717, 1.165) is 12.8 Å². The SMILES string of the molecule is CCCCOc1ccc(/C=C(\C#N)C(=O)Nc2cccc(OC)c2)cc1OC. The summed E-state index contributed by atoms with van der Waals surface area (Å²) in [5.74, 6) is 1.30. The zero-order valence-corrected chi connectivity index (χ0v) is 16.3. The van der Waals surface area contributed by atoms with Crippen molar-refractivity contribution in [1.82, 2.24) is 0 Å². The van der Waals surface area contributed by atoms with Crippen LogP contribution in [0.5, 0.6) is 17.2 Å². The predicted molar refractivity (Wildman–Crippen MR) is 109 cm³/mol. The molecule has 1 N–H and O–H groups in total. The van der Waals surface area contributed by atoms with E-state index in [-0.39, 0.29) is 5.57 Å². The number of rotatable bonds is 9. The number of methoxy groups -OCH3 is 2. The molecule has 0 heterocycles. The third-order valence-corrected chi connectivity index (χ3v) is 3.95. The Morgan fingerprint density at radius 1 is 1.14 bits per heavy atom. The molecule has 28 heavy (non-hydrogen) atoms. The van der Waals surface area contributed by atoms with Crippen LogP contribution in [0.1, 0.15) is 25.3 Å². The summed E-state index contributed by atoms with van der Waals surface area (Å²) in [6, 6.07) is 14.2. The minimum Gasteiger partial charge on any atom is -0.497 e. The first-order valence-electron chi connectivity index (χ1n) is 8.99. The molecular formula is C22H24N2O4. The molecule has 2 rings (SSSR count). The number of benzene rings is 2. The van der Waals surface area contributed by atoms with Crippen LogP contribution >= 0.6 is 0 Å². The maximum absolute atomic E-state index is 12.4. The van der Waals surface area contributed by atoms with Crippen LogP contribution in [0.3, 0.4) is 0 Å². The number of nitrogens with zero attached hydrogens (tertiary/aromatic N) is 1. The van der Waals surface area contributed by atoms with Crippen LogP contribution in [0.2, 0.25) is 0 Å². The van der Waals surface area contributed by atoms with Gasteiger partial charge in [-0.25, -0.2) is 0 Å². The Kier molecular flexibility index (Phi) is 7.92. The van der Waals surface area contributed by atoms with Crippen LogP contribution in [-0.2, 0) is 4.79 Å². The Bertz CT molecular complexity index is 884. The van der Waals surface area contributed by atoms with Crippen molar-refractivity contribution in [2.45, 2.75) is 19.8 Å². The van der Waals surface area contributed by atoms with Crippen LogP contribution in [0.15, 0.2) is 48.0 Å². The molecule has 0 aliphatic heterocycles. The Morgan fingerprint density at radius 2 is 1.96 bits per heavy atom. The van der Waals surface area contributed by atoms with Crippen molar-refractivity contribution in [3.63, 3.8) is 0 Å². The molecule has 0 aliphatic carbocycles. The molecule has 0 spiro atoms. The molecule has 0 aromatic heterocycles. The molecule has 0 bridgehead atoms. The van der Waals surface area contributed by atoms with Gasteiger partial charge in [0, 0.05) is 11.8 Å². The highest BCUT2D eigenvalue weighted by molar-refractivity contribution is 6.09.